The molecule has 5 heteroatoms. The Hall–Kier alpha value is -1.52. The zero-order chi connectivity index (χ0) is 14.5. The number of urea groups is 1. The number of nitrogens with one attached hydrogen (secondary N) is 1. The number of likely N-dealkylation sites (tertiary alicyclic amines) is 1. The molecule has 20 heavy (non-hydrogen) atoms. The van der Waals surface area contributed by atoms with Gasteiger partial charge in [-0.1, -0.05) is 20.8 Å². The molecule has 110 valence electrons. The molecule has 2 atom stereocenters. The highest BCUT2D eigenvalue weighted by Crippen LogP contribution is 2.52. The van der Waals surface area contributed by atoms with Crippen molar-refractivity contribution >= 4 is 11.8 Å². The standard InChI is InChI=1S/C15H24N4O/c1-14(2)7-11-8-15(3,9-14)10-19(11)13(20)17-12-5-6-16-18(12)4/h5-6,11H,7-10H2,1-4H3,(H,17,20). The molecule has 2 bridgehead atoms. The van der Waals surface area contributed by atoms with Gasteiger partial charge in [0.2, 0.25) is 0 Å². The van der Waals surface area contributed by atoms with Gasteiger partial charge in [-0.05, 0) is 30.1 Å². The molecule has 1 saturated carbocycles. The van der Waals surface area contributed by atoms with E-state index in [1.54, 1.807) is 10.9 Å². The van der Waals surface area contributed by atoms with Gasteiger partial charge in [-0.3, -0.25) is 10.00 Å². The summed E-state index contributed by atoms with van der Waals surface area (Å²) >= 11 is 0. The second-order valence-corrected chi connectivity index (χ2v) is 7.61. The fourth-order valence-corrected chi connectivity index (χ4v) is 4.38. The minimum absolute atomic E-state index is 0.0139. The van der Waals surface area contributed by atoms with Gasteiger partial charge < -0.3 is 4.90 Å². The van der Waals surface area contributed by atoms with E-state index < -0.39 is 0 Å². The van der Waals surface area contributed by atoms with Crippen LogP contribution < -0.4 is 5.32 Å². The highest BCUT2D eigenvalue weighted by atomic mass is 16.2. The Kier molecular flexibility index (Phi) is 2.85. The van der Waals surface area contributed by atoms with Crippen LogP contribution in [0.15, 0.2) is 12.3 Å². The van der Waals surface area contributed by atoms with Gasteiger partial charge in [-0.15, -0.1) is 0 Å². The second-order valence-electron chi connectivity index (χ2n) is 7.61. The SMILES string of the molecule is Cn1nccc1NC(=O)N1CC2(C)CC1CC(C)(C)C2. The Morgan fingerprint density at radius 1 is 1.40 bits per heavy atom. The number of carbonyl (C=O) groups excluding carboxylic acids is 1. The van der Waals surface area contributed by atoms with Crippen LogP contribution in [0.4, 0.5) is 10.6 Å². The number of anilines is 1. The van der Waals surface area contributed by atoms with Crippen molar-refractivity contribution < 1.29 is 4.79 Å². The van der Waals surface area contributed by atoms with E-state index in [9.17, 15) is 4.79 Å². The van der Waals surface area contributed by atoms with E-state index in [1.807, 2.05) is 18.0 Å². The van der Waals surface area contributed by atoms with E-state index >= 15 is 0 Å². The van der Waals surface area contributed by atoms with Crippen molar-refractivity contribution in [2.24, 2.45) is 17.9 Å². The average Bonchev–Trinajstić information content (AvgIpc) is 2.79. The lowest BCUT2D eigenvalue weighted by Gasteiger charge is -2.39. The molecule has 0 radical (unpaired) electrons. The molecule has 2 aliphatic rings. The van der Waals surface area contributed by atoms with Crippen LogP contribution in [0.1, 0.15) is 40.0 Å². The Morgan fingerprint density at radius 3 is 2.80 bits per heavy atom. The summed E-state index contributed by atoms with van der Waals surface area (Å²) in [6.45, 7) is 7.82. The maximum Gasteiger partial charge on any atom is 0.323 e. The molecule has 1 aliphatic heterocycles. The van der Waals surface area contributed by atoms with Gasteiger partial charge in [0.05, 0.1) is 6.20 Å². The van der Waals surface area contributed by atoms with Crippen LogP contribution in [0.5, 0.6) is 0 Å². The van der Waals surface area contributed by atoms with Crippen LogP contribution in [0.25, 0.3) is 0 Å². The van der Waals surface area contributed by atoms with Gasteiger partial charge in [-0.25, -0.2) is 4.79 Å². The van der Waals surface area contributed by atoms with E-state index in [0.29, 0.717) is 11.5 Å². The molecule has 2 amide bonds. The zero-order valence-corrected chi connectivity index (χ0v) is 12.8. The Morgan fingerprint density at radius 2 is 2.15 bits per heavy atom. The summed E-state index contributed by atoms with van der Waals surface area (Å²) in [7, 11) is 1.84. The van der Waals surface area contributed by atoms with E-state index in [1.165, 1.54) is 6.42 Å². The summed E-state index contributed by atoms with van der Waals surface area (Å²) in [5, 5.41) is 7.06. The van der Waals surface area contributed by atoms with E-state index in [0.717, 1.165) is 25.2 Å². The lowest BCUT2D eigenvalue weighted by molar-refractivity contribution is 0.130. The molecule has 2 fully saturated rings. The van der Waals surface area contributed by atoms with Gasteiger partial charge in [0.1, 0.15) is 5.82 Å². The molecule has 1 aliphatic carbocycles. The molecule has 1 aromatic rings. The number of fused-ring (bicyclic) bond motifs is 2. The minimum atomic E-state index is 0.0139. The molecular weight excluding hydrogens is 252 g/mol. The summed E-state index contributed by atoms with van der Waals surface area (Å²) in [5.41, 5.74) is 0.607. The van der Waals surface area contributed by atoms with Crippen molar-refractivity contribution in [1.82, 2.24) is 14.7 Å². The monoisotopic (exact) mass is 276 g/mol. The van der Waals surface area contributed by atoms with Crippen molar-refractivity contribution in [2.75, 3.05) is 11.9 Å². The Bertz CT molecular complexity index is 536. The molecule has 0 spiro atoms. The molecule has 5 nitrogen and oxygen atoms in total. The van der Waals surface area contributed by atoms with Crippen LogP contribution in [0.2, 0.25) is 0 Å². The number of amides is 2. The maximum absolute atomic E-state index is 12.5. The van der Waals surface area contributed by atoms with Crippen molar-refractivity contribution in [2.45, 2.75) is 46.1 Å². The molecule has 1 saturated heterocycles. The van der Waals surface area contributed by atoms with Crippen molar-refractivity contribution in [3.63, 3.8) is 0 Å². The topological polar surface area (TPSA) is 50.2 Å². The van der Waals surface area contributed by atoms with Gasteiger partial charge in [-0.2, -0.15) is 5.10 Å². The first kappa shape index (κ1) is 13.5. The minimum Gasteiger partial charge on any atom is -0.321 e. The van der Waals surface area contributed by atoms with Crippen molar-refractivity contribution in [1.29, 1.82) is 0 Å². The average molecular weight is 276 g/mol. The molecular formula is C15H24N4O. The molecule has 1 N–H and O–H groups in total. The number of aryl methyl sites for hydroxylation is 1. The summed E-state index contributed by atoms with van der Waals surface area (Å²) in [6, 6.07) is 2.21. The van der Waals surface area contributed by atoms with Crippen LogP contribution in [0, 0.1) is 10.8 Å². The molecule has 0 aromatic carbocycles. The van der Waals surface area contributed by atoms with Crippen LogP contribution in [0.3, 0.4) is 0 Å². The number of nitrogens with zero attached hydrogens (tertiary/aromatic N) is 3. The summed E-state index contributed by atoms with van der Waals surface area (Å²) in [5.74, 6) is 0.751. The predicted molar refractivity (Wildman–Crippen MR) is 78.5 cm³/mol. The smallest absolute Gasteiger partial charge is 0.321 e. The fourth-order valence-electron chi connectivity index (χ4n) is 4.38. The van der Waals surface area contributed by atoms with Gasteiger partial charge in [0.25, 0.3) is 0 Å². The van der Waals surface area contributed by atoms with Crippen LogP contribution >= 0.6 is 0 Å². The number of rotatable bonds is 1. The molecule has 2 unspecified atom stereocenters. The summed E-state index contributed by atoms with van der Waals surface area (Å²) in [4.78, 5) is 14.6. The first-order chi connectivity index (χ1) is 9.28. The van der Waals surface area contributed by atoms with Crippen molar-refractivity contribution in [3.8, 4) is 0 Å². The largest absolute Gasteiger partial charge is 0.323 e. The molecule has 2 heterocycles. The van der Waals surface area contributed by atoms with Crippen LogP contribution in [-0.4, -0.2) is 33.3 Å². The van der Waals surface area contributed by atoms with Gasteiger partial charge in [0.15, 0.2) is 0 Å². The third-order valence-corrected chi connectivity index (χ3v) is 4.73. The summed E-state index contributed by atoms with van der Waals surface area (Å²) < 4.78 is 1.69. The quantitative estimate of drug-likeness (QED) is 0.857. The van der Waals surface area contributed by atoms with E-state index in [-0.39, 0.29) is 11.4 Å². The van der Waals surface area contributed by atoms with Crippen LogP contribution in [-0.2, 0) is 7.05 Å². The highest BCUT2D eigenvalue weighted by molar-refractivity contribution is 5.89. The predicted octanol–water partition coefficient (Wildman–Crippen LogP) is 2.85. The molecule has 3 rings (SSSR count). The van der Waals surface area contributed by atoms with Crippen molar-refractivity contribution in [3.05, 3.63) is 12.3 Å². The lowest BCUT2D eigenvalue weighted by Crippen LogP contribution is -2.40. The van der Waals surface area contributed by atoms with E-state index in [4.69, 9.17) is 0 Å². The first-order valence-corrected chi connectivity index (χ1v) is 7.34. The molecule has 1 aromatic heterocycles. The third-order valence-electron chi connectivity index (χ3n) is 4.73. The first-order valence-electron chi connectivity index (χ1n) is 7.34. The van der Waals surface area contributed by atoms with E-state index in [2.05, 4.69) is 31.2 Å². The number of carbonyl (C=O) groups is 1. The number of hydrogen-bond donors (Lipinski definition) is 1. The maximum atomic E-state index is 12.5. The normalized spacial score (nSPS) is 31.4. The third kappa shape index (κ3) is 2.30. The zero-order valence-electron chi connectivity index (χ0n) is 12.8. The van der Waals surface area contributed by atoms with Gasteiger partial charge in [0, 0.05) is 25.7 Å². The lowest BCUT2D eigenvalue weighted by atomic mass is 9.65. The number of aromatic nitrogens is 2. The number of hydrogen-bond acceptors (Lipinski definition) is 2. The second kappa shape index (κ2) is 4.24. The Balaban J connectivity index is 1.75. The highest BCUT2D eigenvalue weighted by Gasteiger charge is 2.51. The fraction of sp³-hybridized carbons (Fsp3) is 0.733. The van der Waals surface area contributed by atoms with Gasteiger partial charge >= 0.3 is 6.03 Å². The summed E-state index contributed by atoms with van der Waals surface area (Å²) in [6.07, 6.45) is 5.13. The Labute approximate surface area is 120 Å².